The van der Waals surface area contributed by atoms with Crippen molar-refractivity contribution >= 4 is 5.91 Å². The largest absolute Gasteiger partial charge is 0.508 e. The van der Waals surface area contributed by atoms with E-state index in [1.807, 2.05) is 6.92 Å². The third kappa shape index (κ3) is 3.90. The first-order chi connectivity index (χ1) is 7.63. The first kappa shape index (κ1) is 12.5. The maximum atomic E-state index is 11.6. The molecule has 1 aromatic carbocycles. The van der Waals surface area contributed by atoms with E-state index in [-0.39, 0.29) is 18.2 Å². The van der Waals surface area contributed by atoms with Gasteiger partial charge in [0.1, 0.15) is 5.75 Å². The molecule has 4 heteroatoms. The van der Waals surface area contributed by atoms with Crippen molar-refractivity contribution < 1.29 is 15.0 Å². The van der Waals surface area contributed by atoms with Gasteiger partial charge in [-0.1, -0.05) is 19.4 Å². The van der Waals surface area contributed by atoms with Gasteiger partial charge in [0.25, 0.3) is 5.91 Å². The maximum absolute atomic E-state index is 11.6. The average molecular weight is 223 g/mol. The molecule has 0 bridgehead atoms. The number of aromatic hydroxyl groups is 1. The third-order valence-corrected chi connectivity index (χ3v) is 2.23. The predicted molar refractivity (Wildman–Crippen MR) is 61.4 cm³/mol. The van der Waals surface area contributed by atoms with Crippen molar-refractivity contribution in [1.82, 2.24) is 5.32 Å². The summed E-state index contributed by atoms with van der Waals surface area (Å²) in [6.45, 7) is 2.21. The fraction of sp³-hybridized carbons (Fsp3) is 0.417. The Morgan fingerprint density at radius 3 is 2.88 bits per heavy atom. The molecule has 0 aliphatic rings. The van der Waals surface area contributed by atoms with Crippen LogP contribution in [0.1, 0.15) is 30.1 Å². The summed E-state index contributed by atoms with van der Waals surface area (Å²) in [6, 6.07) is 6.11. The summed E-state index contributed by atoms with van der Waals surface area (Å²) in [4.78, 5) is 11.6. The lowest BCUT2D eigenvalue weighted by molar-refractivity contribution is 0.0910. The van der Waals surface area contributed by atoms with Gasteiger partial charge in [-0.05, 0) is 24.6 Å². The number of nitrogens with one attached hydrogen (secondary N) is 1. The molecule has 0 aliphatic heterocycles. The van der Waals surface area contributed by atoms with Crippen molar-refractivity contribution in [1.29, 1.82) is 0 Å². The zero-order chi connectivity index (χ0) is 12.0. The van der Waals surface area contributed by atoms with Gasteiger partial charge in [-0.25, -0.2) is 0 Å². The summed E-state index contributed by atoms with van der Waals surface area (Å²) in [5.74, 6) is -0.229. The van der Waals surface area contributed by atoms with E-state index in [0.717, 1.165) is 6.42 Å². The molecule has 1 rings (SSSR count). The van der Waals surface area contributed by atoms with E-state index >= 15 is 0 Å². The molecule has 88 valence electrons. The third-order valence-electron chi connectivity index (χ3n) is 2.23. The molecule has 0 saturated carbocycles. The Morgan fingerprint density at radius 1 is 1.50 bits per heavy atom. The number of amides is 1. The van der Waals surface area contributed by atoms with Gasteiger partial charge >= 0.3 is 0 Å². The second-order valence-electron chi connectivity index (χ2n) is 3.70. The first-order valence-electron chi connectivity index (χ1n) is 5.38. The highest BCUT2D eigenvalue weighted by atomic mass is 16.3. The van der Waals surface area contributed by atoms with E-state index in [4.69, 9.17) is 0 Å². The monoisotopic (exact) mass is 223 g/mol. The van der Waals surface area contributed by atoms with Gasteiger partial charge in [-0.2, -0.15) is 0 Å². The number of benzene rings is 1. The molecular formula is C12H17NO3. The maximum Gasteiger partial charge on any atom is 0.251 e. The van der Waals surface area contributed by atoms with E-state index in [2.05, 4.69) is 5.32 Å². The molecule has 1 aromatic rings. The topological polar surface area (TPSA) is 69.6 Å². The van der Waals surface area contributed by atoms with Crippen molar-refractivity contribution in [2.45, 2.75) is 25.9 Å². The van der Waals surface area contributed by atoms with Gasteiger partial charge in [-0.3, -0.25) is 4.79 Å². The van der Waals surface area contributed by atoms with Crippen LogP contribution in [0.5, 0.6) is 5.75 Å². The van der Waals surface area contributed by atoms with Crippen LogP contribution in [-0.4, -0.2) is 28.8 Å². The molecule has 0 aromatic heterocycles. The van der Waals surface area contributed by atoms with Crippen LogP contribution in [0, 0.1) is 0 Å². The molecule has 16 heavy (non-hydrogen) atoms. The van der Waals surface area contributed by atoms with Crippen molar-refractivity contribution in [2.24, 2.45) is 0 Å². The summed E-state index contributed by atoms with van der Waals surface area (Å²) >= 11 is 0. The molecule has 0 saturated heterocycles. The lowest BCUT2D eigenvalue weighted by Gasteiger charge is -2.10. The smallest absolute Gasteiger partial charge is 0.251 e. The Bertz CT molecular complexity index is 352. The zero-order valence-corrected chi connectivity index (χ0v) is 9.31. The highest BCUT2D eigenvalue weighted by molar-refractivity contribution is 5.94. The minimum absolute atomic E-state index is 0.0572. The number of aliphatic hydroxyl groups is 1. The quantitative estimate of drug-likeness (QED) is 0.704. The Balaban J connectivity index is 2.47. The van der Waals surface area contributed by atoms with Gasteiger partial charge in [0.05, 0.1) is 6.10 Å². The first-order valence-corrected chi connectivity index (χ1v) is 5.38. The number of carbonyl (C=O) groups excluding carboxylic acids is 1. The highest BCUT2D eigenvalue weighted by Gasteiger charge is 2.08. The van der Waals surface area contributed by atoms with Crippen LogP contribution in [0.25, 0.3) is 0 Å². The Labute approximate surface area is 94.9 Å². The molecule has 1 amide bonds. The summed E-state index contributed by atoms with van der Waals surface area (Å²) < 4.78 is 0. The van der Waals surface area contributed by atoms with Crippen LogP contribution < -0.4 is 5.32 Å². The Morgan fingerprint density at radius 2 is 2.25 bits per heavy atom. The predicted octanol–water partition coefficient (Wildman–Crippen LogP) is 1.28. The second kappa shape index (κ2) is 6.12. The van der Waals surface area contributed by atoms with Crippen LogP contribution in [0.3, 0.4) is 0 Å². The molecule has 0 spiro atoms. The van der Waals surface area contributed by atoms with E-state index < -0.39 is 6.10 Å². The summed E-state index contributed by atoms with van der Waals surface area (Å²) in [6.07, 6.45) is 1.04. The lowest BCUT2D eigenvalue weighted by Crippen LogP contribution is -2.31. The van der Waals surface area contributed by atoms with Crippen LogP contribution >= 0.6 is 0 Å². The van der Waals surface area contributed by atoms with Gasteiger partial charge < -0.3 is 15.5 Å². The number of aliphatic hydroxyl groups excluding tert-OH is 1. The van der Waals surface area contributed by atoms with E-state index in [9.17, 15) is 15.0 Å². The normalized spacial score (nSPS) is 12.1. The minimum Gasteiger partial charge on any atom is -0.508 e. The van der Waals surface area contributed by atoms with E-state index in [0.29, 0.717) is 12.0 Å². The van der Waals surface area contributed by atoms with E-state index in [1.165, 1.54) is 12.1 Å². The van der Waals surface area contributed by atoms with Crippen LogP contribution in [0.15, 0.2) is 24.3 Å². The van der Waals surface area contributed by atoms with Gasteiger partial charge in [-0.15, -0.1) is 0 Å². The summed E-state index contributed by atoms with van der Waals surface area (Å²) in [5.41, 5.74) is 0.392. The molecule has 1 unspecified atom stereocenters. The fourth-order valence-corrected chi connectivity index (χ4v) is 1.40. The number of phenolic OH excluding ortho intramolecular Hbond substituents is 1. The minimum atomic E-state index is -0.508. The highest BCUT2D eigenvalue weighted by Crippen LogP contribution is 2.10. The Kier molecular flexibility index (Phi) is 4.79. The van der Waals surface area contributed by atoms with Crippen LogP contribution in [-0.2, 0) is 0 Å². The molecule has 3 N–H and O–H groups in total. The number of hydrogen-bond donors (Lipinski definition) is 3. The summed E-state index contributed by atoms with van der Waals surface area (Å²) in [5, 5.41) is 21.2. The molecular weight excluding hydrogens is 206 g/mol. The molecule has 4 nitrogen and oxygen atoms in total. The van der Waals surface area contributed by atoms with Gasteiger partial charge in [0, 0.05) is 12.1 Å². The SMILES string of the molecule is CCCC(O)CNC(=O)c1cccc(O)c1. The van der Waals surface area contributed by atoms with Crippen LogP contribution in [0.4, 0.5) is 0 Å². The number of rotatable bonds is 5. The van der Waals surface area contributed by atoms with Crippen molar-refractivity contribution in [3.05, 3.63) is 29.8 Å². The lowest BCUT2D eigenvalue weighted by atomic mass is 10.2. The summed E-state index contributed by atoms with van der Waals surface area (Å²) in [7, 11) is 0. The molecule has 1 atom stereocenters. The second-order valence-corrected chi connectivity index (χ2v) is 3.70. The van der Waals surface area contributed by atoms with Gasteiger partial charge in [0.2, 0.25) is 0 Å². The van der Waals surface area contributed by atoms with Crippen molar-refractivity contribution in [3.63, 3.8) is 0 Å². The molecule has 0 fully saturated rings. The van der Waals surface area contributed by atoms with Gasteiger partial charge in [0.15, 0.2) is 0 Å². The van der Waals surface area contributed by atoms with Crippen molar-refractivity contribution in [3.8, 4) is 5.75 Å². The van der Waals surface area contributed by atoms with Crippen LogP contribution in [0.2, 0.25) is 0 Å². The number of phenols is 1. The average Bonchev–Trinajstić information content (AvgIpc) is 2.26. The molecule has 0 aliphatic carbocycles. The molecule has 0 heterocycles. The zero-order valence-electron chi connectivity index (χ0n) is 9.31. The van der Waals surface area contributed by atoms with E-state index in [1.54, 1.807) is 12.1 Å². The van der Waals surface area contributed by atoms with Crippen molar-refractivity contribution in [2.75, 3.05) is 6.54 Å². The number of hydrogen-bond acceptors (Lipinski definition) is 3. The Hall–Kier alpha value is -1.55. The standard InChI is InChI=1S/C12H17NO3/c1-2-4-11(15)8-13-12(16)9-5-3-6-10(14)7-9/h3,5-7,11,14-15H,2,4,8H2,1H3,(H,13,16). The molecule has 0 radical (unpaired) electrons. The fourth-order valence-electron chi connectivity index (χ4n) is 1.40. The number of carbonyl (C=O) groups is 1.